The van der Waals surface area contributed by atoms with Crippen LogP contribution in [-0.2, 0) is 26.9 Å². The smallest absolute Gasteiger partial charge is 0.105 e. The van der Waals surface area contributed by atoms with Crippen molar-refractivity contribution in [2.24, 2.45) is 14.1 Å². The molecule has 2 aromatic heterocycles. The molecule has 2 heterocycles. The molecule has 0 fully saturated rings. The van der Waals surface area contributed by atoms with Gasteiger partial charge in [0.25, 0.3) is 0 Å². The third-order valence-electron chi connectivity index (χ3n) is 5.53. The van der Waals surface area contributed by atoms with Gasteiger partial charge in [-0.1, -0.05) is 19.8 Å². The zero-order valence-corrected chi connectivity index (χ0v) is 17.5. The summed E-state index contributed by atoms with van der Waals surface area (Å²) >= 11 is 0. The fraction of sp³-hybridized carbons (Fsp3) is 0.714. The van der Waals surface area contributed by atoms with Crippen molar-refractivity contribution in [1.29, 1.82) is 0 Å². The van der Waals surface area contributed by atoms with E-state index in [1.807, 2.05) is 12.4 Å². The molecule has 5 heteroatoms. The topological polar surface area (TPSA) is 38.9 Å². The van der Waals surface area contributed by atoms with E-state index in [4.69, 9.17) is 0 Å². The average Bonchev–Trinajstić information content (AvgIpc) is 3.11. The van der Waals surface area contributed by atoms with E-state index in [-0.39, 0.29) is 0 Å². The predicted octanol–water partition coefficient (Wildman–Crippen LogP) is 3.83. The Morgan fingerprint density at radius 1 is 0.769 bits per heavy atom. The second-order valence-corrected chi connectivity index (χ2v) is 7.47. The van der Waals surface area contributed by atoms with Gasteiger partial charge in [0.05, 0.1) is 0 Å². The van der Waals surface area contributed by atoms with E-state index >= 15 is 0 Å². The molecule has 0 aromatic carbocycles. The van der Waals surface area contributed by atoms with Crippen molar-refractivity contribution in [2.45, 2.75) is 65.7 Å². The molecule has 0 saturated carbocycles. The van der Waals surface area contributed by atoms with Gasteiger partial charge in [-0.2, -0.15) is 0 Å². The Labute approximate surface area is 159 Å². The van der Waals surface area contributed by atoms with Gasteiger partial charge in [-0.3, -0.25) is 0 Å². The van der Waals surface area contributed by atoms with Crippen LogP contribution in [0.15, 0.2) is 12.4 Å². The molecule has 0 spiro atoms. The van der Waals surface area contributed by atoms with Crippen LogP contribution >= 0.6 is 0 Å². The van der Waals surface area contributed by atoms with Gasteiger partial charge in [0.15, 0.2) is 0 Å². The monoisotopic (exact) mass is 359 g/mol. The highest BCUT2D eigenvalue weighted by atomic mass is 15.1. The number of unbranched alkanes of at least 4 members (excludes halogenated alkanes) is 2. The van der Waals surface area contributed by atoms with E-state index in [1.54, 1.807) is 0 Å². The van der Waals surface area contributed by atoms with Crippen molar-refractivity contribution < 1.29 is 0 Å². The van der Waals surface area contributed by atoms with Crippen molar-refractivity contribution in [3.05, 3.63) is 35.4 Å². The molecule has 2 rings (SSSR count). The molecular weight excluding hydrogens is 322 g/mol. The lowest BCUT2D eigenvalue weighted by Crippen LogP contribution is -2.28. The maximum atomic E-state index is 4.41. The van der Waals surface area contributed by atoms with E-state index < -0.39 is 0 Å². The molecule has 0 bridgehead atoms. The Balaban J connectivity index is 1.78. The van der Waals surface area contributed by atoms with Crippen LogP contribution in [0.5, 0.6) is 0 Å². The lowest BCUT2D eigenvalue weighted by molar-refractivity contribution is 0.260. The second-order valence-electron chi connectivity index (χ2n) is 7.47. The van der Waals surface area contributed by atoms with Crippen LogP contribution in [0.1, 0.15) is 62.1 Å². The Bertz CT molecular complexity index is 603. The fourth-order valence-electron chi connectivity index (χ4n) is 3.45. The summed E-state index contributed by atoms with van der Waals surface area (Å²) < 4.78 is 4.43. The quantitative estimate of drug-likeness (QED) is 0.541. The van der Waals surface area contributed by atoms with Gasteiger partial charge in [0.2, 0.25) is 0 Å². The fourth-order valence-corrected chi connectivity index (χ4v) is 3.45. The summed E-state index contributed by atoms with van der Waals surface area (Å²) in [4.78, 5) is 11.5. The molecule has 5 nitrogen and oxygen atoms in total. The van der Waals surface area contributed by atoms with E-state index in [9.17, 15) is 0 Å². The SMILES string of the molecule is CCCCCN(CCCc1cnc(C)n1C)CCCc1cnc(C)n1C. The minimum atomic E-state index is 1.10. The van der Waals surface area contributed by atoms with Crippen molar-refractivity contribution in [2.75, 3.05) is 19.6 Å². The van der Waals surface area contributed by atoms with Crippen LogP contribution in [-0.4, -0.2) is 43.6 Å². The normalized spacial score (nSPS) is 11.6. The van der Waals surface area contributed by atoms with E-state index in [1.165, 1.54) is 63.1 Å². The number of rotatable bonds is 12. The Hall–Kier alpha value is -1.62. The number of imidazole rings is 2. The van der Waals surface area contributed by atoms with Crippen molar-refractivity contribution >= 4 is 0 Å². The van der Waals surface area contributed by atoms with Crippen molar-refractivity contribution in [3.63, 3.8) is 0 Å². The molecule has 0 unspecified atom stereocenters. The summed E-state index contributed by atoms with van der Waals surface area (Å²) in [6.07, 6.45) is 12.6. The van der Waals surface area contributed by atoms with Crippen molar-refractivity contribution in [1.82, 2.24) is 24.0 Å². The molecular formula is C21H37N5. The van der Waals surface area contributed by atoms with Gasteiger partial charge in [-0.05, 0) is 65.6 Å². The van der Waals surface area contributed by atoms with E-state index in [0.717, 1.165) is 24.5 Å². The highest BCUT2D eigenvalue weighted by Crippen LogP contribution is 2.09. The summed E-state index contributed by atoms with van der Waals surface area (Å²) in [6.45, 7) is 10.0. The standard InChI is InChI=1S/C21H37N5/c1-6-7-8-13-26(14-9-11-20-16-22-18(2)24(20)4)15-10-12-21-17-23-19(3)25(21)5/h16-17H,6-15H2,1-5H3. The van der Waals surface area contributed by atoms with Gasteiger partial charge in [-0.25, -0.2) is 9.97 Å². The van der Waals surface area contributed by atoms with Gasteiger partial charge in [0.1, 0.15) is 11.6 Å². The highest BCUT2D eigenvalue weighted by molar-refractivity contribution is 5.04. The predicted molar refractivity (Wildman–Crippen MR) is 108 cm³/mol. The molecule has 0 aliphatic heterocycles. The van der Waals surface area contributed by atoms with Crippen LogP contribution in [0.4, 0.5) is 0 Å². The summed E-state index contributed by atoms with van der Waals surface area (Å²) in [6, 6.07) is 0. The van der Waals surface area contributed by atoms with Crippen LogP contribution in [0.2, 0.25) is 0 Å². The Kier molecular flexibility index (Phi) is 8.36. The molecule has 26 heavy (non-hydrogen) atoms. The first-order valence-corrected chi connectivity index (χ1v) is 10.2. The summed E-state index contributed by atoms with van der Waals surface area (Å²) in [5, 5.41) is 0. The zero-order valence-electron chi connectivity index (χ0n) is 17.5. The lowest BCUT2D eigenvalue weighted by atomic mass is 10.2. The van der Waals surface area contributed by atoms with Gasteiger partial charge >= 0.3 is 0 Å². The average molecular weight is 360 g/mol. The molecule has 2 aromatic rings. The zero-order chi connectivity index (χ0) is 18.9. The second kappa shape index (κ2) is 10.5. The molecule has 0 saturated heterocycles. The molecule has 0 aliphatic carbocycles. The summed E-state index contributed by atoms with van der Waals surface area (Å²) in [5.74, 6) is 2.21. The Morgan fingerprint density at radius 3 is 1.62 bits per heavy atom. The van der Waals surface area contributed by atoms with Gasteiger partial charge in [0, 0.05) is 37.9 Å². The number of nitrogens with zero attached hydrogens (tertiary/aromatic N) is 5. The number of aryl methyl sites for hydroxylation is 4. The number of aromatic nitrogens is 4. The summed E-state index contributed by atoms with van der Waals surface area (Å²) in [7, 11) is 4.24. The molecule has 0 atom stereocenters. The van der Waals surface area contributed by atoms with Gasteiger partial charge < -0.3 is 14.0 Å². The first kappa shape index (κ1) is 20.7. The third-order valence-corrected chi connectivity index (χ3v) is 5.53. The molecule has 0 radical (unpaired) electrons. The Morgan fingerprint density at radius 2 is 1.23 bits per heavy atom. The first-order chi connectivity index (χ1) is 12.5. The number of hydrogen-bond donors (Lipinski definition) is 0. The lowest BCUT2D eigenvalue weighted by Gasteiger charge is -2.22. The molecule has 0 amide bonds. The van der Waals surface area contributed by atoms with E-state index in [0.29, 0.717) is 0 Å². The maximum absolute atomic E-state index is 4.41. The minimum absolute atomic E-state index is 1.10. The third kappa shape index (κ3) is 5.97. The molecule has 0 N–H and O–H groups in total. The number of hydrogen-bond acceptors (Lipinski definition) is 3. The molecule has 0 aliphatic rings. The van der Waals surface area contributed by atoms with E-state index in [2.05, 4.69) is 58.9 Å². The summed E-state index contributed by atoms with van der Waals surface area (Å²) in [5.41, 5.74) is 2.70. The largest absolute Gasteiger partial charge is 0.335 e. The van der Waals surface area contributed by atoms with Gasteiger partial charge in [-0.15, -0.1) is 0 Å². The van der Waals surface area contributed by atoms with Crippen LogP contribution in [0.3, 0.4) is 0 Å². The minimum Gasteiger partial charge on any atom is -0.335 e. The maximum Gasteiger partial charge on any atom is 0.105 e. The van der Waals surface area contributed by atoms with Crippen LogP contribution in [0.25, 0.3) is 0 Å². The first-order valence-electron chi connectivity index (χ1n) is 10.2. The van der Waals surface area contributed by atoms with Crippen molar-refractivity contribution in [3.8, 4) is 0 Å². The van der Waals surface area contributed by atoms with Crippen LogP contribution < -0.4 is 0 Å². The molecule has 146 valence electrons. The highest BCUT2D eigenvalue weighted by Gasteiger charge is 2.08. The van der Waals surface area contributed by atoms with Crippen LogP contribution in [0, 0.1) is 13.8 Å².